The van der Waals surface area contributed by atoms with E-state index in [0.29, 0.717) is 6.04 Å². The third-order valence-corrected chi connectivity index (χ3v) is 3.00. The molecule has 1 aromatic carbocycles. The number of hydrogen-bond acceptors (Lipinski definition) is 2. The molecule has 0 bridgehead atoms. The van der Waals surface area contributed by atoms with Gasteiger partial charge in [-0.05, 0) is 51.0 Å². The summed E-state index contributed by atoms with van der Waals surface area (Å²) in [6.07, 6.45) is 5.21. The molecule has 1 rings (SSSR count). The maximum atomic E-state index is 5.64. The summed E-state index contributed by atoms with van der Waals surface area (Å²) in [5, 5.41) is 3.59. The smallest absolute Gasteiger partial charge is 0.119 e. The van der Waals surface area contributed by atoms with Crippen molar-refractivity contribution in [3.63, 3.8) is 0 Å². The van der Waals surface area contributed by atoms with E-state index < -0.39 is 0 Å². The highest BCUT2D eigenvalue weighted by molar-refractivity contribution is 5.47. The monoisotopic (exact) mass is 249 g/mol. The second kappa shape index (κ2) is 8.02. The van der Waals surface area contributed by atoms with Gasteiger partial charge in [0.1, 0.15) is 5.75 Å². The number of anilines is 1. The van der Waals surface area contributed by atoms with Gasteiger partial charge in [-0.1, -0.05) is 26.7 Å². The predicted octanol–water partition coefficient (Wildman–Crippen LogP) is 4.85. The minimum absolute atomic E-state index is 0.233. The van der Waals surface area contributed by atoms with Gasteiger partial charge in [0.05, 0.1) is 6.10 Å². The number of nitrogens with one attached hydrogen (secondary N) is 1. The molecule has 0 fully saturated rings. The fourth-order valence-electron chi connectivity index (χ4n) is 1.97. The molecule has 18 heavy (non-hydrogen) atoms. The average molecular weight is 249 g/mol. The fourth-order valence-corrected chi connectivity index (χ4v) is 1.97. The number of rotatable bonds is 8. The van der Waals surface area contributed by atoms with Crippen molar-refractivity contribution >= 4 is 5.69 Å². The molecule has 0 saturated heterocycles. The van der Waals surface area contributed by atoms with Gasteiger partial charge < -0.3 is 10.1 Å². The molecule has 0 amide bonds. The predicted molar refractivity (Wildman–Crippen MR) is 79.4 cm³/mol. The van der Waals surface area contributed by atoms with Crippen LogP contribution in [-0.2, 0) is 0 Å². The first-order valence-corrected chi connectivity index (χ1v) is 7.19. The molecular formula is C16H27NO. The minimum atomic E-state index is 0.233. The lowest BCUT2D eigenvalue weighted by molar-refractivity contribution is 0.242. The summed E-state index contributed by atoms with van der Waals surface area (Å²) in [5.41, 5.74) is 1.19. The maximum absolute atomic E-state index is 5.64. The van der Waals surface area contributed by atoms with E-state index in [-0.39, 0.29) is 6.10 Å². The van der Waals surface area contributed by atoms with Crippen molar-refractivity contribution in [2.45, 2.75) is 65.5 Å². The fraction of sp³-hybridized carbons (Fsp3) is 0.625. The van der Waals surface area contributed by atoms with Gasteiger partial charge in [-0.15, -0.1) is 0 Å². The molecule has 1 N–H and O–H groups in total. The minimum Gasteiger partial charge on any atom is -0.491 e. The van der Waals surface area contributed by atoms with Crippen LogP contribution in [-0.4, -0.2) is 12.1 Å². The highest BCUT2D eigenvalue weighted by atomic mass is 16.5. The van der Waals surface area contributed by atoms with Crippen LogP contribution in [0.4, 0.5) is 5.69 Å². The van der Waals surface area contributed by atoms with E-state index in [0.717, 1.165) is 5.75 Å². The Kier molecular flexibility index (Phi) is 6.63. The van der Waals surface area contributed by atoms with Crippen LogP contribution in [0.3, 0.4) is 0 Å². The molecule has 0 aliphatic rings. The maximum Gasteiger partial charge on any atom is 0.119 e. The van der Waals surface area contributed by atoms with Gasteiger partial charge in [0, 0.05) is 11.7 Å². The zero-order chi connectivity index (χ0) is 13.4. The molecule has 102 valence electrons. The number of benzene rings is 1. The van der Waals surface area contributed by atoms with Crippen molar-refractivity contribution < 1.29 is 4.74 Å². The SMILES string of the molecule is CCCCC(CC)Nc1ccc(OC(C)C)cc1. The highest BCUT2D eigenvalue weighted by Crippen LogP contribution is 2.19. The van der Waals surface area contributed by atoms with Gasteiger partial charge in [-0.2, -0.15) is 0 Å². The lowest BCUT2D eigenvalue weighted by Gasteiger charge is -2.18. The van der Waals surface area contributed by atoms with Crippen molar-refractivity contribution in [2.75, 3.05) is 5.32 Å². The molecule has 0 aromatic heterocycles. The van der Waals surface area contributed by atoms with Crippen LogP contribution in [0.25, 0.3) is 0 Å². The zero-order valence-electron chi connectivity index (χ0n) is 12.2. The van der Waals surface area contributed by atoms with Crippen LogP contribution in [0.1, 0.15) is 53.4 Å². The Balaban J connectivity index is 2.50. The molecule has 0 aliphatic heterocycles. The molecule has 2 heteroatoms. The third kappa shape index (κ3) is 5.44. The van der Waals surface area contributed by atoms with Crippen molar-refractivity contribution in [3.05, 3.63) is 24.3 Å². The van der Waals surface area contributed by atoms with Crippen LogP contribution in [0, 0.1) is 0 Å². The Bertz CT molecular complexity index is 318. The summed E-state index contributed by atoms with van der Waals surface area (Å²) in [4.78, 5) is 0. The first-order valence-electron chi connectivity index (χ1n) is 7.19. The van der Waals surface area contributed by atoms with Gasteiger partial charge in [-0.3, -0.25) is 0 Å². The van der Waals surface area contributed by atoms with Gasteiger partial charge in [0.25, 0.3) is 0 Å². The Morgan fingerprint density at radius 1 is 1.11 bits per heavy atom. The molecule has 0 aliphatic carbocycles. The molecule has 1 atom stereocenters. The number of unbranched alkanes of at least 4 members (excludes halogenated alkanes) is 1. The summed E-state index contributed by atoms with van der Waals surface area (Å²) in [5.74, 6) is 0.942. The summed E-state index contributed by atoms with van der Waals surface area (Å²) < 4.78 is 5.64. The summed E-state index contributed by atoms with van der Waals surface area (Å²) in [6, 6.07) is 8.87. The zero-order valence-corrected chi connectivity index (χ0v) is 12.2. The summed E-state index contributed by atoms with van der Waals surface area (Å²) in [6.45, 7) is 8.57. The normalized spacial score (nSPS) is 12.5. The number of hydrogen-bond donors (Lipinski definition) is 1. The largest absolute Gasteiger partial charge is 0.491 e. The molecule has 1 aromatic rings. The Morgan fingerprint density at radius 3 is 2.28 bits per heavy atom. The van der Waals surface area contributed by atoms with Crippen LogP contribution >= 0.6 is 0 Å². The highest BCUT2D eigenvalue weighted by Gasteiger charge is 2.05. The van der Waals surface area contributed by atoms with Gasteiger partial charge in [-0.25, -0.2) is 0 Å². The van der Waals surface area contributed by atoms with E-state index >= 15 is 0 Å². The lowest BCUT2D eigenvalue weighted by atomic mass is 10.1. The van der Waals surface area contributed by atoms with E-state index in [2.05, 4.69) is 31.3 Å². The number of ether oxygens (including phenoxy) is 1. The van der Waals surface area contributed by atoms with Gasteiger partial charge >= 0.3 is 0 Å². The van der Waals surface area contributed by atoms with E-state index in [9.17, 15) is 0 Å². The Labute approximate surface area is 112 Å². The third-order valence-electron chi connectivity index (χ3n) is 3.00. The molecular weight excluding hydrogens is 222 g/mol. The van der Waals surface area contributed by atoms with Crippen LogP contribution in [0.15, 0.2) is 24.3 Å². The molecule has 0 radical (unpaired) electrons. The Hall–Kier alpha value is -1.18. The van der Waals surface area contributed by atoms with Gasteiger partial charge in [0.2, 0.25) is 0 Å². The van der Waals surface area contributed by atoms with E-state index in [1.165, 1.54) is 31.4 Å². The molecule has 0 saturated carbocycles. The topological polar surface area (TPSA) is 21.3 Å². The van der Waals surface area contributed by atoms with Crippen molar-refractivity contribution in [1.29, 1.82) is 0 Å². The summed E-state index contributed by atoms with van der Waals surface area (Å²) >= 11 is 0. The van der Waals surface area contributed by atoms with Crippen LogP contribution in [0.5, 0.6) is 5.75 Å². The second-order valence-electron chi connectivity index (χ2n) is 5.08. The van der Waals surface area contributed by atoms with Crippen LogP contribution < -0.4 is 10.1 Å². The van der Waals surface area contributed by atoms with Gasteiger partial charge in [0.15, 0.2) is 0 Å². The average Bonchev–Trinajstić information content (AvgIpc) is 2.36. The van der Waals surface area contributed by atoms with Crippen molar-refractivity contribution in [2.24, 2.45) is 0 Å². The Morgan fingerprint density at radius 2 is 1.78 bits per heavy atom. The van der Waals surface area contributed by atoms with Crippen molar-refractivity contribution in [1.82, 2.24) is 0 Å². The molecule has 0 heterocycles. The van der Waals surface area contributed by atoms with E-state index in [1.54, 1.807) is 0 Å². The second-order valence-corrected chi connectivity index (χ2v) is 5.08. The quantitative estimate of drug-likeness (QED) is 0.710. The molecule has 0 spiro atoms. The van der Waals surface area contributed by atoms with E-state index in [1.807, 2.05) is 26.0 Å². The lowest BCUT2D eigenvalue weighted by Crippen LogP contribution is -2.18. The summed E-state index contributed by atoms with van der Waals surface area (Å²) in [7, 11) is 0. The molecule has 2 nitrogen and oxygen atoms in total. The van der Waals surface area contributed by atoms with Crippen molar-refractivity contribution in [3.8, 4) is 5.75 Å². The standard InChI is InChI=1S/C16H27NO/c1-5-7-8-14(6-2)17-15-9-11-16(12-10-15)18-13(3)4/h9-14,17H,5-8H2,1-4H3. The van der Waals surface area contributed by atoms with E-state index in [4.69, 9.17) is 4.74 Å². The first-order chi connectivity index (χ1) is 8.65. The first kappa shape index (κ1) is 14.9. The molecule has 1 unspecified atom stereocenters. The van der Waals surface area contributed by atoms with Crippen LogP contribution in [0.2, 0.25) is 0 Å².